The summed E-state index contributed by atoms with van der Waals surface area (Å²) in [7, 11) is 0. The van der Waals surface area contributed by atoms with Gasteiger partial charge in [0.2, 0.25) is 5.88 Å². The molecule has 0 fully saturated rings. The maximum atomic E-state index is 12.1. The number of hydrazine groups is 1. The number of nitrogens with one attached hydrogen (secondary N) is 2. The molecule has 2 aromatic carbocycles. The zero-order valence-corrected chi connectivity index (χ0v) is 13.7. The van der Waals surface area contributed by atoms with E-state index in [1.54, 1.807) is 36.4 Å². The van der Waals surface area contributed by atoms with Crippen LogP contribution >= 0.6 is 11.6 Å². The average Bonchev–Trinajstić information content (AvgIpc) is 2.63. The molecule has 4 N–H and O–H groups in total. The number of rotatable bonds is 5. The van der Waals surface area contributed by atoms with Crippen molar-refractivity contribution in [3.05, 3.63) is 71.5 Å². The van der Waals surface area contributed by atoms with Gasteiger partial charge in [-0.25, -0.2) is 4.98 Å². The normalized spacial score (nSPS) is 10.1. The van der Waals surface area contributed by atoms with Gasteiger partial charge in [-0.3, -0.25) is 15.6 Å². The number of carbonyl (C=O) groups excluding carboxylic acids is 1. The molecular formula is C17H14ClN5O2. The maximum absolute atomic E-state index is 12.1. The van der Waals surface area contributed by atoms with Crippen LogP contribution in [-0.2, 0) is 0 Å². The minimum absolute atomic E-state index is 0.169. The number of hydrogen-bond donors (Lipinski definition) is 3. The van der Waals surface area contributed by atoms with Crippen LogP contribution in [0.4, 0.5) is 11.5 Å². The second-order valence-corrected chi connectivity index (χ2v) is 5.38. The van der Waals surface area contributed by atoms with E-state index in [2.05, 4.69) is 20.8 Å². The number of para-hydroxylation sites is 1. The zero-order valence-electron chi connectivity index (χ0n) is 12.9. The van der Waals surface area contributed by atoms with Crippen molar-refractivity contribution in [3.63, 3.8) is 0 Å². The summed E-state index contributed by atoms with van der Waals surface area (Å²) in [6.45, 7) is 0. The Morgan fingerprint density at radius 3 is 2.48 bits per heavy atom. The number of amides is 1. The van der Waals surface area contributed by atoms with Crippen molar-refractivity contribution >= 4 is 29.0 Å². The van der Waals surface area contributed by atoms with Gasteiger partial charge >= 0.3 is 0 Å². The van der Waals surface area contributed by atoms with Gasteiger partial charge in [-0.15, -0.1) is 0 Å². The molecule has 1 aromatic heterocycles. The van der Waals surface area contributed by atoms with Crippen LogP contribution in [0.15, 0.2) is 60.9 Å². The highest BCUT2D eigenvalue weighted by Gasteiger charge is 2.12. The van der Waals surface area contributed by atoms with E-state index in [0.29, 0.717) is 16.3 Å². The molecule has 0 aliphatic carbocycles. The number of aromatic nitrogens is 2. The largest absolute Gasteiger partial charge is 0.437 e. The fourth-order valence-electron chi connectivity index (χ4n) is 1.95. The van der Waals surface area contributed by atoms with Crippen LogP contribution in [-0.4, -0.2) is 15.9 Å². The molecule has 126 valence electrons. The van der Waals surface area contributed by atoms with Crippen LogP contribution in [0.1, 0.15) is 10.4 Å². The Labute approximate surface area is 148 Å². The van der Waals surface area contributed by atoms with Crippen LogP contribution in [0.5, 0.6) is 11.6 Å². The monoisotopic (exact) mass is 355 g/mol. The molecule has 0 aliphatic rings. The lowest BCUT2D eigenvalue weighted by atomic mass is 10.2. The van der Waals surface area contributed by atoms with Crippen LogP contribution < -0.4 is 21.3 Å². The van der Waals surface area contributed by atoms with Gasteiger partial charge in [0.1, 0.15) is 17.8 Å². The highest BCUT2D eigenvalue weighted by molar-refractivity contribution is 6.30. The first kappa shape index (κ1) is 16.5. The number of halogens is 1. The van der Waals surface area contributed by atoms with Crippen LogP contribution in [0.25, 0.3) is 0 Å². The minimum atomic E-state index is -0.361. The van der Waals surface area contributed by atoms with E-state index < -0.39 is 0 Å². The molecule has 7 nitrogen and oxygen atoms in total. The van der Waals surface area contributed by atoms with Gasteiger partial charge in [0.05, 0.1) is 0 Å². The van der Waals surface area contributed by atoms with Gasteiger partial charge in [0, 0.05) is 10.6 Å². The van der Waals surface area contributed by atoms with Crippen LogP contribution in [0.3, 0.4) is 0 Å². The fraction of sp³-hybridized carbons (Fsp3) is 0. The van der Waals surface area contributed by atoms with Gasteiger partial charge in [0.25, 0.3) is 5.91 Å². The molecule has 0 atom stereocenters. The Balaban J connectivity index is 1.69. The zero-order chi connectivity index (χ0) is 17.6. The predicted octanol–water partition coefficient (Wildman–Crippen LogP) is 3.26. The van der Waals surface area contributed by atoms with E-state index >= 15 is 0 Å². The molecule has 0 bridgehead atoms. The molecule has 0 aliphatic heterocycles. The van der Waals surface area contributed by atoms with E-state index in [9.17, 15) is 4.79 Å². The second kappa shape index (κ2) is 7.50. The molecule has 3 aromatic rings. The molecule has 0 radical (unpaired) electrons. The third-order valence-electron chi connectivity index (χ3n) is 3.21. The van der Waals surface area contributed by atoms with E-state index in [1.165, 1.54) is 6.33 Å². The number of ether oxygens (including phenoxy) is 1. The van der Waals surface area contributed by atoms with E-state index in [1.807, 2.05) is 18.2 Å². The lowest BCUT2D eigenvalue weighted by molar-refractivity contribution is 0.0962. The maximum Gasteiger partial charge on any atom is 0.269 e. The number of nitrogens with zero attached hydrogens (tertiary/aromatic N) is 2. The summed E-state index contributed by atoms with van der Waals surface area (Å²) in [5, 5.41) is 0.548. The van der Waals surface area contributed by atoms with Gasteiger partial charge in [-0.05, 0) is 36.4 Å². The average molecular weight is 356 g/mol. The smallest absolute Gasteiger partial charge is 0.269 e. The van der Waals surface area contributed by atoms with Crippen molar-refractivity contribution in [1.29, 1.82) is 0 Å². The summed E-state index contributed by atoms with van der Waals surface area (Å²) in [5.74, 6) is 0.636. The first-order valence-electron chi connectivity index (χ1n) is 7.29. The SMILES string of the molecule is Nc1c(NNC(=O)c2ccc(Cl)cc2)ncnc1Oc1ccccc1. The van der Waals surface area contributed by atoms with Crippen molar-refractivity contribution in [3.8, 4) is 11.6 Å². The summed E-state index contributed by atoms with van der Waals surface area (Å²) >= 11 is 5.80. The Morgan fingerprint density at radius 2 is 1.76 bits per heavy atom. The number of nitrogen functional groups attached to an aromatic ring is 1. The number of anilines is 2. The first-order chi connectivity index (χ1) is 12.1. The molecule has 3 rings (SSSR count). The number of nitrogens with two attached hydrogens (primary N) is 1. The number of hydrogen-bond acceptors (Lipinski definition) is 6. The van der Waals surface area contributed by atoms with E-state index in [4.69, 9.17) is 22.1 Å². The summed E-state index contributed by atoms with van der Waals surface area (Å²) in [4.78, 5) is 20.1. The Morgan fingerprint density at radius 1 is 1.04 bits per heavy atom. The molecular weight excluding hydrogens is 342 g/mol. The second-order valence-electron chi connectivity index (χ2n) is 4.94. The molecule has 0 unspecified atom stereocenters. The van der Waals surface area contributed by atoms with E-state index in [-0.39, 0.29) is 23.3 Å². The molecule has 1 heterocycles. The molecule has 0 spiro atoms. The first-order valence-corrected chi connectivity index (χ1v) is 7.66. The Kier molecular flexibility index (Phi) is 4.96. The Hall–Kier alpha value is -3.32. The van der Waals surface area contributed by atoms with Crippen molar-refractivity contribution in [2.75, 3.05) is 11.2 Å². The van der Waals surface area contributed by atoms with Crippen molar-refractivity contribution in [1.82, 2.24) is 15.4 Å². The molecule has 8 heteroatoms. The standard InChI is InChI=1S/C17H14ClN5O2/c18-12-8-6-11(7-9-12)16(24)23-22-15-14(19)17(21-10-20-15)25-13-4-2-1-3-5-13/h1-10H,19H2,(H,23,24)(H,20,21,22). The Bertz CT molecular complexity index is 872. The summed E-state index contributed by atoms with van der Waals surface area (Å²) in [5.41, 5.74) is 11.8. The van der Waals surface area contributed by atoms with Gasteiger partial charge in [-0.2, -0.15) is 4.98 Å². The summed E-state index contributed by atoms with van der Waals surface area (Å²) < 4.78 is 5.61. The highest BCUT2D eigenvalue weighted by atomic mass is 35.5. The number of benzene rings is 2. The summed E-state index contributed by atoms with van der Waals surface area (Å²) in [6, 6.07) is 15.5. The molecule has 0 saturated carbocycles. The van der Waals surface area contributed by atoms with Gasteiger partial charge in [0.15, 0.2) is 5.82 Å². The van der Waals surface area contributed by atoms with E-state index in [0.717, 1.165) is 0 Å². The molecule has 0 saturated heterocycles. The lowest BCUT2D eigenvalue weighted by Gasteiger charge is -2.12. The van der Waals surface area contributed by atoms with Gasteiger partial charge < -0.3 is 10.5 Å². The predicted molar refractivity (Wildman–Crippen MR) is 95.5 cm³/mol. The topological polar surface area (TPSA) is 102 Å². The lowest BCUT2D eigenvalue weighted by Crippen LogP contribution is -2.30. The van der Waals surface area contributed by atoms with Crippen molar-refractivity contribution in [2.24, 2.45) is 0 Å². The summed E-state index contributed by atoms with van der Waals surface area (Å²) in [6.07, 6.45) is 1.28. The fourth-order valence-corrected chi connectivity index (χ4v) is 2.08. The van der Waals surface area contributed by atoms with Crippen LogP contribution in [0.2, 0.25) is 5.02 Å². The molecule has 1 amide bonds. The van der Waals surface area contributed by atoms with Crippen molar-refractivity contribution < 1.29 is 9.53 Å². The van der Waals surface area contributed by atoms with Crippen LogP contribution in [0, 0.1) is 0 Å². The minimum Gasteiger partial charge on any atom is -0.437 e. The molecule has 25 heavy (non-hydrogen) atoms. The highest BCUT2D eigenvalue weighted by Crippen LogP contribution is 2.28. The quantitative estimate of drug-likeness (QED) is 0.607. The third kappa shape index (κ3) is 4.15. The number of carbonyl (C=O) groups is 1. The van der Waals surface area contributed by atoms with Gasteiger partial charge in [-0.1, -0.05) is 29.8 Å². The third-order valence-corrected chi connectivity index (χ3v) is 3.46. The van der Waals surface area contributed by atoms with Crippen molar-refractivity contribution in [2.45, 2.75) is 0 Å².